The van der Waals surface area contributed by atoms with Gasteiger partial charge in [0.05, 0.1) is 11.2 Å². The van der Waals surface area contributed by atoms with E-state index < -0.39 is 23.6 Å². The van der Waals surface area contributed by atoms with E-state index in [0.717, 1.165) is 41.4 Å². The number of amides is 2. The Balaban J connectivity index is 1.81. The van der Waals surface area contributed by atoms with E-state index in [0.29, 0.717) is 16.8 Å². The number of nitrogens with zero attached hydrogens (tertiary/aromatic N) is 1. The molecule has 0 saturated heterocycles. The Morgan fingerprint density at radius 3 is 2.53 bits per heavy atom. The second kappa shape index (κ2) is 7.82. The largest absolute Gasteiger partial charge is 0.494 e. The number of fused-ring (bicyclic) bond motifs is 1. The van der Waals surface area contributed by atoms with E-state index in [4.69, 9.17) is 5.73 Å². The number of nitrogens with two attached hydrogens (primary N) is 1. The fourth-order valence-electron chi connectivity index (χ4n) is 4.34. The van der Waals surface area contributed by atoms with Gasteiger partial charge in [0.1, 0.15) is 11.4 Å². The summed E-state index contributed by atoms with van der Waals surface area (Å²) in [6, 6.07) is 9.00. The highest BCUT2D eigenvalue weighted by Crippen LogP contribution is 2.38. The van der Waals surface area contributed by atoms with Gasteiger partial charge in [0.2, 0.25) is 5.88 Å². The van der Waals surface area contributed by atoms with E-state index in [1.54, 1.807) is 19.1 Å². The van der Waals surface area contributed by atoms with Crippen molar-refractivity contribution in [2.75, 3.05) is 5.32 Å². The summed E-state index contributed by atoms with van der Waals surface area (Å²) in [4.78, 5) is 24.9. The van der Waals surface area contributed by atoms with Crippen LogP contribution in [0.5, 0.6) is 5.88 Å². The molecule has 0 spiro atoms. The molecular formula is C23H24FN3O3. The van der Waals surface area contributed by atoms with Crippen molar-refractivity contribution in [1.82, 2.24) is 4.57 Å². The first kappa shape index (κ1) is 19.9. The van der Waals surface area contributed by atoms with Crippen LogP contribution in [0.3, 0.4) is 0 Å². The number of halogens is 1. The highest BCUT2D eigenvalue weighted by molar-refractivity contribution is 6.16. The number of carbonyl (C=O) groups is 2. The molecule has 1 fully saturated rings. The predicted octanol–water partition coefficient (Wildman–Crippen LogP) is 5.02. The van der Waals surface area contributed by atoms with Gasteiger partial charge in [0.25, 0.3) is 5.91 Å². The molecular weight excluding hydrogens is 385 g/mol. The SMILES string of the molecule is Cc1ccc(NC(=O)c2c(O)n(C(N)=O)c3ccc(C4CCCCC4)cc23)c(F)c1. The molecule has 0 atom stereocenters. The number of anilines is 1. The Morgan fingerprint density at radius 1 is 1.13 bits per heavy atom. The number of hydrogen-bond acceptors (Lipinski definition) is 3. The molecule has 1 aromatic heterocycles. The van der Waals surface area contributed by atoms with E-state index in [2.05, 4.69) is 5.32 Å². The minimum Gasteiger partial charge on any atom is -0.494 e. The lowest BCUT2D eigenvalue weighted by Crippen LogP contribution is -2.19. The first-order chi connectivity index (χ1) is 14.4. The van der Waals surface area contributed by atoms with Gasteiger partial charge in [-0.2, -0.15) is 0 Å². The lowest BCUT2D eigenvalue weighted by Gasteiger charge is -2.22. The van der Waals surface area contributed by atoms with Gasteiger partial charge in [-0.1, -0.05) is 31.4 Å². The molecule has 4 N–H and O–H groups in total. The van der Waals surface area contributed by atoms with Gasteiger partial charge in [-0.25, -0.2) is 13.8 Å². The van der Waals surface area contributed by atoms with Crippen molar-refractivity contribution in [1.29, 1.82) is 0 Å². The highest BCUT2D eigenvalue weighted by Gasteiger charge is 2.26. The minimum absolute atomic E-state index is 0.00610. The average Bonchev–Trinajstić information content (AvgIpc) is 3.02. The number of aromatic hydroxyl groups is 1. The zero-order valence-electron chi connectivity index (χ0n) is 16.7. The van der Waals surface area contributed by atoms with Gasteiger partial charge < -0.3 is 16.2 Å². The molecule has 1 heterocycles. The number of carbonyl (C=O) groups excluding carboxylic acids is 2. The molecule has 0 radical (unpaired) electrons. The third kappa shape index (κ3) is 3.51. The van der Waals surface area contributed by atoms with E-state index in [1.807, 2.05) is 12.1 Å². The van der Waals surface area contributed by atoms with Crippen LogP contribution in [0.25, 0.3) is 10.9 Å². The van der Waals surface area contributed by atoms with Crippen LogP contribution in [-0.2, 0) is 0 Å². The predicted molar refractivity (Wildman–Crippen MR) is 114 cm³/mol. The molecule has 30 heavy (non-hydrogen) atoms. The molecule has 2 amide bonds. The van der Waals surface area contributed by atoms with Crippen LogP contribution in [0.2, 0.25) is 0 Å². The Kier molecular flexibility index (Phi) is 5.20. The van der Waals surface area contributed by atoms with Gasteiger partial charge in [0, 0.05) is 5.39 Å². The monoisotopic (exact) mass is 409 g/mol. The van der Waals surface area contributed by atoms with Crippen molar-refractivity contribution < 1.29 is 19.1 Å². The summed E-state index contributed by atoms with van der Waals surface area (Å²) >= 11 is 0. The molecule has 1 aliphatic rings. The average molecular weight is 409 g/mol. The Labute approximate surface area is 173 Å². The number of aromatic nitrogens is 1. The molecule has 1 saturated carbocycles. The summed E-state index contributed by atoms with van der Waals surface area (Å²) in [5.74, 6) is -1.47. The van der Waals surface area contributed by atoms with Crippen LogP contribution in [0.4, 0.5) is 14.9 Å². The van der Waals surface area contributed by atoms with E-state index in [-0.39, 0.29) is 11.3 Å². The zero-order valence-corrected chi connectivity index (χ0v) is 16.7. The number of rotatable bonds is 3. The van der Waals surface area contributed by atoms with Gasteiger partial charge >= 0.3 is 6.03 Å². The molecule has 6 nitrogen and oxygen atoms in total. The molecule has 1 aliphatic carbocycles. The summed E-state index contributed by atoms with van der Waals surface area (Å²) in [5.41, 5.74) is 7.45. The number of benzene rings is 2. The summed E-state index contributed by atoms with van der Waals surface area (Å²) in [5, 5.41) is 13.6. The van der Waals surface area contributed by atoms with Crippen molar-refractivity contribution >= 4 is 28.5 Å². The number of hydrogen-bond donors (Lipinski definition) is 3. The molecule has 0 aliphatic heterocycles. The number of primary amides is 1. The molecule has 7 heteroatoms. The van der Waals surface area contributed by atoms with E-state index >= 15 is 0 Å². The minimum atomic E-state index is -0.900. The highest BCUT2D eigenvalue weighted by atomic mass is 19.1. The standard InChI is InChI=1S/C23H24FN3O3/c1-13-7-9-18(17(24)11-13)26-21(28)20-16-12-15(14-5-3-2-4-6-14)8-10-19(16)27(22(20)29)23(25)30/h7-12,14,29H,2-6H2,1H3,(H2,25,30)(H,26,28). The second-order valence-corrected chi connectivity index (χ2v) is 7.92. The van der Waals surface area contributed by atoms with Gasteiger partial charge in [-0.15, -0.1) is 0 Å². The Morgan fingerprint density at radius 2 is 1.87 bits per heavy atom. The lowest BCUT2D eigenvalue weighted by atomic mass is 9.83. The van der Waals surface area contributed by atoms with Crippen molar-refractivity contribution in [3.05, 3.63) is 58.9 Å². The topological polar surface area (TPSA) is 97.3 Å². The van der Waals surface area contributed by atoms with Crippen LogP contribution in [0, 0.1) is 12.7 Å². The van der Waals surface area contributed by atoms with Crippen LogP contribution in [0.15, 0.2) is 36.4 Å². The quantitative estimate of drug-likeness (QED) is 0.566. The number of nitrogens with one attached hydrogen (secondary N) is 1. The third-order valence-corrected chi connectivity index (χ3v) is 5.86. The molecule has 0 unspecified atom stereocenters. The van der Waals surface area contributed by atoms with Gasteiger partial charge in [0.15, 0.2) is 0 Å². The van der Waals surface area contributed by atoms with Crippen LogP contribution >= 0.6 is 0 Å². The van der Waals surface area contributed by atoms with Crippen LogP contribution in [0.1, 0.15) is 59.5 Å². The maximum absolute atomic E-state index is 14.2. The van der Waals surface area contributed by atoms with Crippen molar-refractivity contribution in [2.45, 2.75) is 44.9 Å². The number of aryl methyl sites for hydroxylation is 1. The summed E-state index contributed by atoms with van der Waals surface area (Å²) in [6.07, 6.45) is 5.63. The first-order valence-corrected chi connectivity index (χ1v) is 10.1. The molecule has 3 aromatic rings. The smallest absolute Gasteiger partial charge is 0.326 e. The lowest BCUT2D eigenvalue weighted by molar-refractivity contribution is 0.102. The fraction of sp³-hybridized carbons (Fsp3) is 0.304. The fourth-order valence-corrected chi connectivity index (χ4v) is 4.34. The molecule has 0 bridgehead atoms. The van der Waals surface area contributed by atoms with Crippen LogP contribution < -0.4 is 11.1 Å². The van der Waals surface area contributed by atoms with E-state index in [1.165, 1.54) is 18.6 Å². The van der Waals surface area contributed by atoms with Gasteiger partial charge in [-0.3, -0.25) is 4.79 Å². The van der Waals surface area contributed by atoms with Crippen molar-refractivity contribution in [2.24, 2.45) is 5.73 Å². The molecule has 4 rings (SSSR count). The summed E-state index contributed by atoms with van der Waals surface area (Å²) in [6.45, 7) is 1.74. The Hall–Kier alpha value is -3.35. The second-order valence-electron chi connectivity index (χ2n) is 7.92. The Bertz CT molecular complexity index is 1150. The third-order valence-electron chi connectivity index (χ3n) is 5.86. The summed E-state index contributed by atoms with van der Waals surface area (Å²) in [7, 11) is 0. The maximum Gasteiger partial charge on any atom is 0.326 e. The van der Waals surface area contributed by atoms with Crippen LogP contribution in [-0.4, -0.2) is 21.6 Å². The first-order valence-electron chi connectivity index (χ1n) is 10.1. The molecule has 156 valence electrons. The van der Waals surface area contributed by atoms with E-state index in [9.17, 15) is 19.1 Å². The summed E-state index contributed by atoms with van der Waals surface area (Å²) < 4.78 is 15.1. The van der Waals surface area contributed by atoms with Crippen molar-refractivity contribution in [3.63, 3.8) is 0 Å². The zero-order chi connectivity index (χ0) is 21.4. The van der Waals surface area contributed by atoms with Crippen molar-refractivity contribution in [3.8, 4) is 5.88 Å². The van der Waals surface area contributed by atoms with Gasteiger partial charge in [-0.05, 0) is 61.1 Å². The normalized spacial score (nSPS) is 14.7. The molecule has 2 aromatic carbocycles. The maximum atomic E-state index is 14.2.